The summed E-state index contributed by atoms with van der Waals surface area (Å²) in [5.41, 5.74) is 2.03. The standard InChI is InChI=1S/C20H22BrClN2O3/c1-13-5-4-6-15(9-13)11-24(14(2)20(26)23-3)19(25)12-27-18-8-7-16(21)10-17(18)22/h4-10,14H,11-12H2,1-3H3,(H,23,26). The van der Waals surface area contributed by atoms with E-state index < -0.39 is 6.04 Å². The lowest BCUT2D eigenvalue weighted by molar-refractivity contribution is -0.142. The summed E-state index contributed by atoms with van der Waals surface area (Å²) in [7, 11) is 1.55. The average Bonchev–Trinajstić information content (AvgIpc) is 2.64. The van der Waals surface area contributed by atoms with Crippen LogP contribution >= 0.6 is 27.5 Å². The molecule has 0 aliphatic carbocycles. The molecule has 0 aliphatic heterocycles. The number of halogens is 2. The van der Waals surface area contributed by atoms with Gasteiger partial charge in [-0.3, -0.25) is 9.59 Å². The Hall–Kier alpha value is -2.05. The van der Waals surface area contributed by atoms with Crippen molar-refractivity contribution in [3.8, 4) is 5.75 Å². The van der Waals surface area contributed by atoms with Crippen LogP contribution in [0.1, 0.15) is 18.1 Å². The molecule has 1 atom stereocenters. The van der Waals surface area contributed by atoms with Gasteiger partial charge in [0.15, 0.2) is 6.61 Å². The van der Waals surface area contributed by atoms with Crippen molar-refractivity contribution in [2.24, 2.45) is 0 Å². The third-order valence-electron chi connectivity index (χ3n) is 4.09. The van der Waals surface area contributed by atoms with E-state index in [4.69, 9.17) is 16.3 Å². The number of ether oxygens (including phenoxy) is 1. The fourth-order valence-electron chi connectivity index (χ4n) is 2.61. The highest BCUT2D eigenvalue weighted by Gasteiger charge is 2.26. The molecule has 2 amide bonds. The number of nitrogens with one attached hydrogen (secondary N) is 1. The number of carbonyl (C=O) groups excluding carboxylic acids is 2. The molecule has 0 radical (unpaired) electrons. The fourth-order valence-corrected chi connectivity index (χ4v) is 3.34. The van der Waals surface area contributed by atoms with E-state index in [2.05, 4.69) is 21.2 Å². The molecule has 0 saturated heterocycles. The lowest BCUT2D eigenvalue weighted by Gasteiger charge is -2.28. The number of carbonyl (C=O) groups is 2. The van der Waals surface area contributed by atoms with Gasteiger partial charge in [0.05, 0.1) is 5.02 Å². The minimum Gasteiger partial charge on any atom is -0.482 e. The van der Waals surface area contributed by atoms with Crippen molar-refractivity contribution >= 4 is 39.3 Å². The smallest absolute Gasteiger partial charge is 0.261 e. The zero-order valence-electron chi connectivity index (χ0n) is 15.5. The van der Waals surface area contributed by atoms with Gasteiger partial charge in [0.2, 0.25) is 5.91 Å². The number of benzene rings is 2. The molecule has 7 heteroatoms. The highest BCUT2D eigenvalue weighted by molar-refractivity contribution is 9.10. The van der Waals surface area contributed by atoms with Crippen LogP contribution in [0.5, 0.6) is 5.75 Å². The Morgan fingerprint density at radius 2 is 2.00 bits per heavy atom. The first-order valence-corrected chi connectivity index (χ1v) is 9.63. The second kappa shape index (κ2) is 9.76. The molecule has 1 N–H and O–H groups in total. The molecule has 5 nitrogen and oxygen atoms in total. The average molecular weight is 454 g/mol. The van der Waals surface area contributed by atoms with Gasteiger partial charge in [-0.1, -0.05) is 57.4 Å². The topological polar surface area (TPSA) is 58.6 Å². The number of hydrogen-bond acceptors (Lipinski definition) is 3. The number of likely N-dealkylation sites (N-methyl/N-ethyl adjacent to an activating group) is 1. The summed E-state index contributed by atoms with van der Waals surface area (Å²) in [4.78, 5) is 26.4. The number of nitrogens with zero attached hydrogens (tertiary/aromatic N) is 1. The first kappa shape index (κ1) is 21.3. The SMILES string of the molecule is CNC(=O)C(C)N(Cc1cccc(C)c1)C(=O)COc1ccc(Br)cc1Cl. The largest absolute Gasteiger partial charge is 0.482 e. The number of rotatable bonds is 7. The molecule has 0 bridgehead atoms. The van der Waals surface area contributed by atoms with E-state index in [0.29, 0.717) is 17.3 Å². The van der Waals surface area contributed by atoms with Crippen LogP contribution in [-0.2, 0) is 16.1 Å². The van der Waals surface area contributed by atoms with E-state index in [1.165, 1.54) is 4.90 Å². The first-order chi connectivity index (χ1) is 12.8. The van der Waals surface area contributed by atoms with Crippen LogP contribution in [0, 0.1) is 6.92 Å². The zero-order valence-corrected chi connectivity index (χ0v) is 17.8. The van der Waals surface area contributed by atoms with Crippen LogP contribution in [0.3, 0.4) is 0 Å². The summed E-state index contributed by atoms with van der Waals surface area (Å²) in [6.45, 7) is 3.77. The van der Waals surface area contributed by atoms with Gasteiger partial charge in [-0.25, -0.2) is 0 Å². The third kappa shape index (κ3) is 5.97. The van der Waals surface area contributed by atoms with E-state index in [1.54, 1.807) is 32.2 Å². The van der Waals surface area contributed by atoms with Gasteiger partial charge in [0.1, 0.15) is 11.8 Å². The molecular weight excluding hydrogens is 432 g/mol. The Kier molecular flexibility index (Phi) is 7.68. The maximum absolute atomic E-state index is 12.8. The molecule has 0 aliphatic rings. The normalized spacial score (nSPS) is 11.6. The van der Waals surface area contributed by atoms with Crippen molar-refractivity contribution in [1.82, 2.24) is 10.2 Å². The molecule has 1 unspecified atom stereocenters. The minimum absolute atomic E-state index is 0.214. The Bertz CT molecular complexity index is 829. The molecule has 0 saturated carbocycles. The Morgan fingerprint density at radius 1 is 1.26 bits per heavy atom. The quantitative estimate of drug-likeness (QED) is 0.690. The Morgan fingerprint density at radius 3 is 2.63 bits per heavy atom. The highest BCUT2D eigenvalue weighted by Crippen LogP contribution is 2.27. The molecule has 2 rings (SSSR count). The second-order valence-electron chi connectivity index (χ2n) is 6.16. The molecule has 0 heterocycles. The van der Waals surface area contributed by atoms with Gasteiger partial charge in [0, 0.05) is 18.1 Å². The second-order valence-corrected chi connectivity index (χ2v) is 7.49. The number of aryl methyl sites for hydroxylation is 1. The highest BCUT2D eigenvalue weighted by atomic mass is 79.9. The van der Waals surface area contributed by atoms with E-state index in [-0.39, 0.29) is 18.4 Å². The molecule has 27 heavy (non-hydrogen) atoms. The van der Waals surface area contributed by atoms with Gasteiger partial charge in [-0.15, -0.1) is 0 Å². The van der Waals surface area contributed by atoms with Gasteiger partial charge in [0.25, 0.3) is 5.91 Å². The van der Waals surface area contributed by atoms with Crippen LogP contribution in [0.25, 0.3) is 0 Å². The molecular formula is C20H22BrClN2O3. The Labute approximate surface area is 172 Å². The lowest BCUT2D eigenvalue weighted by atomic mass is 10.1. The summed E-state index contributed by atoms with van der Waals surface area (Å²) < 4.78 is 6.40. The fraction of sp³-hybridized carbons (Fsp3) is 0.300. The van der Waals surface area contributed by atoms with Crippen LogP contribution < -0.4 is 10.1 Å². The molecule has 0 fully saturated rings. The van der Waals surface area contributed by atoms with Crippen molar-refractivity contribution in [2.45, 2.75) is 26.4 Å². The predicted octanol–water partition coefficient (Wildman–Crippen LogP) is 3.95. The minimum atomic E-state index is -0.632. The van der Waals surface area contributed by atoms with Gasteiger partial charge < -0.3 is 15.0 Å². The van der Waals surface area contributed by atoms with Gasteiger partial charge >= 0.3 is 0 Å². The summed E-state index contributed by atoms with van der Waals surface area (Å²) in [5.74, 6) is -0.124. The maximum atomic E-state index is 12.8. The summed E-state index contributed by atoms with van der Waals surface area (Å²) >= 11 is 9.46. The lowest BCUT2D eigenvalue weighted by Crippen LogP contribution is -2.48. The summed E-state index contributed by atoms with van der Waals surface area (Å²) in [6.07, 6.45) is 0. The molecule has 144 valence electrons. The molecule has 2 aromatic carbocycles. The van der Waals surface area contributed by atoms with Crippen LogP contribution in [0.15, 0.2) is 46.9 Å². The molecule has 2 aromatic rings. The van der Waals surface area contributed by atoms with Crippen molar-refractivity contribution in [3.05, 3.63) is 63.1 Å². The third-order valence-corrected chi connectivity index (χ3v) is 4.88. The Balaban J connectivity index is 2.15. The van der Waals surface area contributed by atoms with Crippen LogP contribution in [-0.4, -0.2) is 36.4 Å². The molecule has 0 spiro atoms. The zero-order chi connectivity index (χ0) is 20.0. The number of amides is 2. The van der Waals surface area contributed by atoms with E-state index >= 15 is 0 Å². The van der Waals surface area contributed by atoms with Gasteiger partial charge in [-0.2, -0.15) is 0 Å². The van der Waals surface area contributed by atoms with Crippen LogP contribution in [0.4, 0.5) is 0 Å². The van der Waals surface area contributed by atoms with Crippen molar-refractivity contribution < 1.29 is 14.3 Å². The number of hydrogen-bond donors (Lipinski definition) is 1. The van der Waals surface area contributed by atoms with E-state index in [1.807, 2.05) is 31.2 Å². The van der Waals surface area contributed by atoms with E-state index in [0.717, 1.165) is 15.6 Å². The molecule has 0 aromatic heterocycles. The maximum Gasteiger partial charge on any atom is 0.261 e. The summed E-state index contributed by atoms with van der Waals surface area (Å²) in [6, 6.07) is 12.4. The summed E-state index contributed by atoms with van der Waals surface area (Å²) in [5, 5.41) is 2.99. The van der Waals surface area contributed by atoms with Crippen molar-refractivity contribution in [1.29, 1.82) is 0 Å². The van der Waals surface area contributed by atoms with Crippen molar-refractivity contribution in [3.63, 3.8) is 0 Å². The first-order valence-electron chi connectivity index (χ1n) is 8.46. The van der Waals surface area contributed by atoms with Crippen molar-refractivity contribution in [2.75, 3.05) is 13.7 Å². The van der Waals surface area contributed by atoms with E-state index in [9.17, 15) is 9.59 Å². The van der Waals surface area contributed by atoms with Gasteiger partial charge in [-0.05, 0) is 37.6 Å². The predicted molar refractivity (Wildman–Crippen MR) is 110 cm³/mol. The van der Waals surface area contributed by atoms with Crippen LogP contribution in [0.2, 0.25) is 5.02 Å². The monoisotopic (exact) mass is 452 g/mol.